The van der Waals surface area contributed by atoms with Crippen LogP contribution in [0.4, 0.5) is 0 Å². The first-order valence-corrected chi connectivity index (χ1v) is 7.06. The second kappa shape index (κ2) is 5.46. The summed E-state index contributed by atoms with van der Waals surface area (Å²) >= 11 is 9.66. The second-order valence-electron chi connectivity index (χ2n) is 4.32. The molecule has 0 radical (unpaired) electrons. The monoisotopic (exact) mass is 345 g/mol. The highest BCUT2D eigenvalue weighted by atomic mass is 79.9. The molecule has 0 aliphatic carbocycles. The number of rotatable bonds is 4. The van der Waals surface area contributed by atoms with E-state index in [4.69, 9.17) is 11.6 Å². The molecule has 2 heterocycles. The molecule has 0 aromatic carbocycles. The number of aliphatic carboxylic acids is 1. The van der Waals surface area contributed by atoms with Crippen molar-refractivity contribution in [3.05, 3.63) is 27.1 Å². The van der Waals surface area contributed by atoms with E-state index in [9.17, 15) is 9.90 Å². The fourth-order valence-electron chi connectivity index (χ4n) is 1.98. The van der Waals surface area contributed by atoms with Gasteiger partial charge in [0.25, 0.3) is 0 Å². The van der Waals surface area contributed by atoms with Crippen molar-refractivity contribution in [1.82, 2.24) is 14.6 Å². The van der Waals surface area contributed by atoms with E-state index < -0.39 is 11.9 Å². The van der Waals surface area contributed by atoms with Crippen molar-refractivity contribution in [2.75, 3.05) is 0 Å². The fraction of sp³-hybridized carbons (Fsp3) is 0.417. The Hall–Kier alpha value is -1.14. The lowest BCUT2D eigenvalue weighted by Crippen LogP contribution is -2.14. The normalized spacial score (nSPS) is 12.8. The van der Waals surface area contributed by atoms with E-state index in [1.54, 1.807) is 0 Å². The number of hydrogen-bond acceptors (Lipinski definition) is 3. The lowest BCUT2D eigenvalue weighted by molar-refractivity contribution is -0.139. The molecular formula is C12H13BrClN3O2. The Morgan fingerprint density at radius 1 is 1.63 bits per heavy atom. The maximum absolute atomic E-state index is 11.3. The van der Waals surface area contributed by atoms with Crippen molar-refractivity contribution in [2.45, 2.75) is 32.6 Å². The summed E-state index contributed by atoms with van der Waals surface area (Å²) in [5.74, 6) is -1.55. The summed E-state index contributed by atoms with van der Waals surface area (Å²) < 4.78 is 2.24. The number of carboxylic acid groups (broad SMARTS) is 1. The number of carbonyl (C=O) groups is 1. The van der Waals surface area contributed by atoms with Crippen LogP contribution in [0.5, 0.6) is 0 Å². The maximum atomic E-state index is 11.3. The minimum absolute atomic E-state index is 0.305. The van der Waals surface area contributed by atoms with Gasteiger partial charge in [0.15, 0.2) is 5.65 Å². The second-order valence-corrected chi connectivity index (χ2v) is 5.47. The van der Waals surface area contributed by atoms with E-state index >= 15 is 0 Å². The highest BCUT2D eigenvalue weighted by molar-refractivity contribution is 9.10. The summed E-state index contributed by atoms with van der Waals surface area (Å²) in [5.41, 5.74) is 1.85. The highest BCUT2D eigenvalue weighted by Gasteiger charge is 2.24. The van der Waals surface area contributed by atoms with E-state index in [1.165, 1.54) is 10.7 Å². The van der Waals surface area contributed by atoms with Crippen LogP contribution in [0.1, 0.15) is 36.9 Å². The van der Waals surface area contributed by atoms with Gasteiger partial charge in [0.05, 0.1) is 16.1 Å². The number of halogens is 2. The van der Waals surface area contributed by atoms with E-state index in [-0.39, 0.29) is 0 Å². The van der Waals surface area contributed by atoms with Gasteiger partial charge in [-0.1, -0.05) is 24.9 Å². The summed E-state index contributed by atoms with van der Waals surface area (Å²) in [6.07, 6.45) is 2.80. The third kappa shape index (κ3) is 2.47. The molecule has 19 heavy (non-hydrogen) atoms. The molecule has 0 spiro atoms. The van der Waals surface area contributed by atoms with Gasteiger partial charge in [0, 0.05) is 11.8 Å². The predicted molar refractivity (Wildman–Crippen MR) is 75.7 cm³/mol. The first-order valence-electron chi connectivity index (χ1n) is 5.89. The third-order valence-electron chi connectivity index (χ3n) is 2.97. The molecule has 0 aliphatic rings. The zero-order valence-electron chi connectivity index (χ0n) is 10.5. The van der Waals surface area contributed by atoms with Crippen molar-refractivity contribution in [3.8, 4) is 0 Å². The minimum Gasteiger partial charge on any atom is -0.481 e. The van der Waals surface area contributed by atoms with Crippen LogP contribution >= 0.6 is 27.5 Å². The van der Waals surface area contributed by atoms with Crippen LogP contribution in [0.15, 0.2) is 10.7 Å². The van der Waals surface area contributed by atoms with Crippen LogP contribution in [0.3, 0.4) is 0 Å². The average Bonchev–Trinajstić information content (AvgIpc) is 2.65. The molecule has 7 heteroatoms. The topological polar surface area (TPSA) is 67.5 Å². The van der Waals surface area contributed by atoms with Gasteiger partial charge in [0.2, 0.25) is 0 Å². The van der Waals surface area contributed by atoms with Gasteiger partial charge in [-0.05, 0) is 29.3 Å². The van der Waals surface area contributed by atoms with Gasteiger partial charge in [-0.3, -0.25) is 4.79 Å². The molecule has 2 aromatic rings. The zero-order valence-corrected chi connectivity index (χ0v) is 12.9. The summed E-state index contributed by atoms with van der Waals surface area (Å²) in [7, 11) is 0. The van der Waals surface area contributed by atoms with Crippen LogP contribution in [0, 0.1) is 6.92 Å². The van der Waals surface area contributed by atoms with Crippen molar-refractivity contribution in [1.29, 1.82) is 0 Å². The smallest absolute Gasteiger partial charge is 0.311 e. The minimum atomic E-state index is -0.896. The predicted octanol–water partition coefficient (Wildman–Crippen LogP) is 3.42. The van der Waals surface area contributed by atoms with Crippen LogP contribution in [-0.4, -0.2) is 25.7 Å². The van der Waals surface area contributed by atoms with Crippen LogP contribution in [0.25, 0.3) is 5.65 Å². The summed E-state index contributed by atoms with van der Waals surface area (Å²) in [5, 5.41) is 13.9. The Morgan fingerprint density at radius 2 is 2.32 bits per heavy atom. The van der Waals surface area contributed by atoms with Crippen LogP contribution in [-0.2, 0) is 4.79 Å². The Labute approximate surface area is 123 Å². The largest absolute Gasteiger partial charge is 0.481 e. The van der Waals surface area contributed by atoms with Crippen molar-refractivity contribution in [3.63, 3.8) is 0 Å². The molecule has 102 valence electrons. The lowest BCUT2D eigenvalue weighted by atomic mass is 9.97. The standard InChI is InChI=1S/C12H13BrClN3O2/c1-3-4-7(12(18)19)8-5-15-11-9(13)6(2)16-17(11)10(8)14/h5,7H,3-4H2,1-2H3,(H,18,19). The summed E-state index contributed by atoms with van der Waals surface area (Å²) in [6.45, 7) is 3.76. The number of carboxylic acids is 1. The number of nitrogens with zero attached hydrogens (tertiary/aromatic N) is 3. The molecule has 0 fully saturated rings. The molecule has 2 rings (SSSR count). The van der Waals surface area contributed by atoms with Crippen LogP contribution in [0.2, 0.25) is 5.15 Å². The van der Waals surface area contributed by atoms with Gasteiger partial charge < -0.3 is 5.11 Å². The van der Waals surface area contributed by atoms with Gasteiger partial charge in [-0.25, -0.2) is 9.50 Å². The van der Waals surface area contributed by atoms with E-state index in [1.807, 2.05) is 13.8 Å². The average molecular weight is 347 g/mol. The fourth-order valence-corrected chi connectivity index (χ4v) is 2.63. The SMILES string of the molecule is CCCC(C(=O)O)c1cnc2c(Br)c(C)nn2c1Cl. The molecule has 0 saturated carbocycles. The zero-order chi connectivity index (χ0) is 14.2. The Bertz CT molecular complexity index is 641. The molecule has 0 aliphatic heterocycles. The Morgan fingerprint density at radius 3 is 2.89 bits per heavy atom. The van der Waals surface area contributed by atoms with Crippen molar-refractivity contribution < 1.29 is 9.90 Å². The third-order valence-corrected chi connectivity index (χ3v) is 4.27. The molecule has 2 aromatic heterocycles. The first kappa shape index (κ1) is 14.3. The Kier molecular flexibility index (Phi) is 4.10. The molecule has 0 bridgehead atoms. The summed E-state index contributed by atoms with van der Waals surface area (Å²) in [4.78, 5) is 15.6. The number of aromatic nitrogens is 3. The Balaban J connectivity index is 2.61. The summed E-state index contributed by atoms with van der Waals surface area (Å²) in [6, 6.07) is 0. The molecular weight excluding hydrogens is 334 g/mol. The molecule has 1 atom stereocenters. The maximum Gasteiger partial charge on any atom is 0.311 e. The van der Waals surface area contributed by atoms with Gasteiger partial charge in [-0.2, -0.15) is 5.10 Å². The quantitative estimate of drug-likeness (QED) is 0.861. The molecule has 0 saturated heterocycles. The molecule has 1 unspecified atom stereocenters. The van der Waals surface area contributed by atoms with Crippen molar-refractivity contribution in [2.24, 2.45) is 0 Å². The van der Waals surface area contributed by atoms with Gasteiger partial charge in [0.1, 0.15) is 5.15 Å². The van der Waals surface area contributed by atoms with Crippen LogP contribution < -0.4 is 0 Å². The number of hydrogen-bond donors (Lipinski definition) is 1. The van der Waals surface area contributed by atoms with E-state index in [0.717, 1.165) is 16.6 Å². The number of fused-ring (bicyclic) bond motifs is 1. The van der Waals surface area contributed by atoms with Crippen molar-refractivity contribution >= 4 is 39.1 Å². The van der Waals surface area contributed by atoms with E-state index in [0.29, 0.717) is 22.8 Å². The molecule has 5 nitrogen and oxygen atoms in total. The molecule has 1 N–H and O–H groups in total. The highest BCUT2D eigenvalue weighted by Crippen LogP contribution is 2.30. The van der Waals surface area contributed by atoms with Gasteiger partial charge in [-0.15, -0.1) is 0 Å². The molecule has 0 amide bonds. The first-order chi connectivity index (χ1) is 8.97. The van der Waals surface area contributed by atoms with Gasteiger partial charge >= 0.3 is 5.97 Å². The lowest BCUT2D eigenvalue weighted by Gasteiger charge is -2.13. The number of aryl methyl sites for hydroxylation is 1. The van der Waals surface area contributed by atoms with E-state index in [2.05, 4.69) is 26.0 Å².